The predicted octanol–water partition coefficient (Wildman–Crippen LogP) is -3.28. The molecule has 0 aliphatic heterocycles. The standard InChI is InChI=1S/C11H16N4O6/c1-2-7(16)12-3-8(17)13-4-9(18)14-5-10(19)15-6-11(20)21/h2H,1,3-6H2,(H,12,16)(H,13,17)(H,14,18)(H,15,19)(H,20,21). The van der Waals surface area contributed by atoms with Crippen LogP contribution in [0, 0.1) is 0 Å². The van der Waals surface area contributed by atoms with E-state index < -0.39 is 42.7 Å². The highest BCUT2D eigenvalue weighted by atomic mass is 16.4. The Morgan fingerprint density at radius 3 is 1.52 bits per heavy atom. The van der Waals surface area contributed by atoms with Crippen molar-refractivity contribution in [2.75, 3.05) is 26.2 Å². The van der Waals surface area contributed by atoms with Crippen molar-refractivity contribution in [1.29, 1.82) is 0 Å². The van der Waals surface area contributed by atoms with Gasteiger partial charge in [0.25, 0.3) is 0 Å². The van der Waals surface area contributed by atoms with Crippen LogP contribution in [-0.2, 0) is 24.0 Å². The zero-order chi connectivity index (χ0) is 16.3. The van der Waals surface area contributed by atoms with Gasteiger partial charge in [0.1, 0.15) is 6.54 Å². The number of hydrogen-bond acceptors (Lipinski definition) is 5. The summed E-state index contributed by atoms with van der Waals surface area (Å²) in [4.78, 5) is 54.5. The summed E-state index contributed by atoms with van der Waals surface area (Å²) in [6.07, 6.45) is 0.996. The summed E-state index contributed by atoms with van der Waals surface area (Å²) in [6.45, 7) is 1.55. The lowest BCUT2D eigenvalue weighted by atomic mass is 10.4. The molecular formula is C11H16N4O6. The number of rotatable bonds is 9. The van der Waals surface area contributed by atoms with Gasteiger partial charge in [-0.1, -0.05) is 6.58 Å². The molecule has 10 nitrogen and oxygen atoms in total. The number of aliphatic carboxylic acids is 1. The zero-order valence-electron chi connectivity index (χ0n) is 11.1. The second-order valence-electron chi connectivity index (χ2n) is 3.65. The third-order valence-corrected chi connectivity index (χ3v) is 1.94. The Balaban J connectivity index is 3.77. The molecule has 116 valence electrons. The van der Waals surface area contributed by atoms with Gasteiger partial charge in [0.2, 0.25) is 23.6 Å². The third-order valence-electron chi connectivity index (χ3n) is 1.94. The van der Waals surface area contributed by atoms with Gasteiger partial charge in [-0.05, 0) is 6.08 Å². The van der Waals surface area contributed by atoms with E-state index in [4.69, 9.17) is 5.11 Å². The maximum absolute atomic E-state index is 11.3. The van der Waals surface area contributed by atoms with Gasteiger partial charge in [-0.25, -0.2) is 0 Å². The topological polar surface area (TPSA) is 154 Å². The summed E-state index contributed by atoms with van der Waals surface area (Å²) in [6, 6.07) is 0. The predicted molar refractivity (Wildman–Crippen MR) is 69.9 cm³/mol. The number of nitrogens with one attached hydrogen (secondary N) is 4. The van der Waals surface area contributed by atoms with Gasteiger partial charge in [0.15, 0.2) is 0 Å². The van der Waals surface area contributed by atoms with Gasteiger partial charge in [-0.2, -0.15) is 0 Å². The Labute approximate surface area is 120 Å². The minimum Gasteiger partial charge on any atom is -0.480 e. The molecular weight excluding hydrogens is 284 g/mol. The van der Waals surface area contributed by atoms with Crippen molar-refractivity contribution >= 4 is 29.6 Å². The highest BCUT2D eigenvalue weighted by Gasteiger charge is 2.08. The van der Waals surface area contributed by atoms with Crippen LogP contribution < -0.4 is 21.3 Å². The fourth-order valence-electron chi connectivity index (χ4n) is 0.959. The number of carbonyl (C=O) groups excluding carboxylic acids is 4. The molecule has 5 N–H and O–H groups in total. The highest BCUT2D eigenvalue weighted by molar-refractivity contribution is 5.92. The molecule has 0 fully saturated rings. The summed E-state index contributed by atoms with van der Waals surface area (Å²) in [7, 11) is 0. The van der Waals surface area contributed by atoms with E-state index in [0.717, 1.165) is 6.08 Å². The second-order valence-corrected chi connectivity index (χ2v) is 3.65. The van der Waals surface area contributed by atoms with Crippen molar-refractivity contribution in [3.8, 4) is 0 Å². The molecule has 0 spiro atoms. The van der Waals surface area contributed by atoms with Crippen LogP contribution in [0.5, 0.6) is 0 Å². The van der Waals surface area contributed by atoms with Crippen LogP contribution >= 0.6 is 0 Å². The van der Waals surface area contributed by atoms with Crippen LogP contribution in [0.15, 0.2) is 12.7 Å². The van der Waals surface area contributed by atoms with E-state index in [9.17, 15) is 24.0 Å². The van der Waals surface area contributed by atoms with Crippen molar-refractivity contribution in [2.45, 2.75) is 0 Å². The second kappa shape index (κ2) is 9.95. The fourth-order valence-corrected chi connectivity index (χ4v) is 0.959. The largest absolute Gasteiger partial charge is 0.480 e. The van der Waals surface area contributed by atoms with Crippen LogP contribution in [0.2, 0.25) is 0 Å². The Hall–Kier alpha value is -2.91. The number of hydrogen-bond donors (Lipinski definition) is 5. The first kappa shape index (κ1) is 18.1. The van der Waals surface area contributed by atoms with Crippen LogP contribution in [0.3, 0.4) is 0 Å². The average molecular weight is 300 g/mol. The highest BCUT2D eigenvalue weighted by Crippen LogP contribution is 1.71. The number of carboxylic acid groups (broad SMARTS) is 1. The Bertz CT molecular complexity index is 448. The molecule has 21 heavy (non-hydrogen) atoms. The summed E-state index contributed by atoms with van der Waals surface area (Å²) in [5.74, 6) is -3.62. The molecule has 0 radical (unpaired) electrons. The molecule has 4 amide bonds. The summed E-state index contributed by atoms with van der Waals surface area (Å²) < 4.78 is 0. The molecule has 0 aliphatic carbocycles. The summed E-state index contributed by atoms with van der Waals surface area (Å²) >= 11 is 0. The van der Waals surface area contributed by atoms with Crippen molar-refractivity contribution in [2.24, 2.45) is 0 Å². The van der Waals surface area contributed by atoms with E-state index in [1.54, 1.807) is 0 Å². The Kier molecular flexibility index (Phi) is 8.57. The lowest BCUT2D eigenvalue weighted by Crippen LogP contribution is -2.44. The molecule has 0 atom stereocenters. The molecule has 0 heterocycles. The molecule has 0 aliphatic rings. The molecule has 0 saturated carbocycles. The van der Waals surface area contributed by atoms with E-state index in [1.165, 1.54) is 0 Å². The molecule has 0 unspecified atom stereocenters. The van der Waals surface area contributed by atoms with Gasteiger partial charge in [0, 0.05) is 0 Å². The van der Waals surface area contributed by atoms with Crippen LogP contribution in [0.1, 0.15) is 0 Å². The first-order valence-corrected chi connectivity index (χ1v) is 5.77. The fraction of sp³-hybridized carbons (Fsp3) is 0.364. The molecule has 0 rings (SSSR count). The molecule has 0 saturated heterocycles. The Morgan fingerprint density at radius 1 is 0.762 bits per heavy atom. The lowest BCUT2D eigenvalue weighted by Gasteiger charge is -2.07. The van der Waals surface area contributed by atoms with Crippen LogP contribution in [0.4, 0.5) is 0 Å². The normalized spacial score (nSPS) is 9.14. The number of carbonyl (C=O) groups is 5. The number of amides is 4. The minimum absolute atomic E-state index is 0.308. The van der Waals surface area contributed by atoms with E-state index in [2.05, 4.69) is 22.5 Å². The Morgan fingerprint density at radius 2 is 1.14 bits per heavy atom. The van der Waals surface area contributed by atoms with Crippen molar-refractivity contribution in [3.05, 3.63) is 12.7 Å². The van der Waals surface area contributed by atoms with Gasteiger partial charge in [0.05, 0.1) is 19.6 Å². The first-order chi connectivity index (χ1) is 9.85. The molecule has 0 aromatic heterocycles. The molecule has 0 bridgehead atoms. The van der Waals surface area contributed by atoms with Gasteiger partial charge >= 0.3 is 5.97 Å². The maximum Gasteiger partial charge on any atom is 0.322 e. The van der Waals surface area contributed by atoms with Gasteiger partial charge in [-0.3, -0.25) is 24.0 Å². The SMILES string of the molecule is C=CC(=O)NCC(=O)NCC(=O)NCC(=O)NCC(=O)O. The molecule has 0 aromatic carbocycles. The smallest absolute Gasteiger partial charge is 0.322 e. The van der Waals surface area contributed by atoms with Crippen molar-refractivity contribution < 1.29 is 29.1 Å². The van der Waals surface area contributed by atoms with E-state index in [0.29, 0.717) is 0 Å². The van der Waals surface area contributed by atoms with E-state index in [-0.39, 0.29) is 13.1 Å². The van der Waals surface area contributed by atoms with E-state index in [1.807, 2.05) is 5.32 Å². The van der Waals surface area contributed by atoms with Crippen LogP contribution in [-0.4, -0.2) is 60.9 Å². The lowest BCUT2D eigenvalue weighted by molar-refractivity contribution is -0.137. The number of carboxylic acids is 1. The minimum atomic E-state index is -1.21. The molecule has 0 aromatic rings. The molecule has 10 heteroatoms. The van der Waals surface area contributed by atoms with Crippen molar-refractivity contribution in [1.82, 2.24) is 21.3 Å². The maximum atomic E-state index is 11.3. The monoisotopic (exact) mass is 300 g/mol. The van der Waals surface area contributed by atoms with Gasteiger partial charge < -0.3 is 26.4 Å². The zero-order valence-corrected chi connectivity index (χ0v) is 11.1. The van der Waals surface area contributed by atoms with Crippen molar-refractivity contribution in [3.63, 3.8) is 0 Å². The summed E-state index contributed by atoms with van der Waals surface area (Å²) in [5.41, 5.74) is 0. The third kappa shape index (κ3) is 10.7. The average Bonchev–Trinajstić information content (AvgIpc) is 2.45. The van der Waals surface area contributed by atoms with Gasteiger partial charge in [-0.15, -0.1) is 0 Å². The first-order valence-electron chi connectivity index (χ1n) is 5.77. The summed E-state index contributed by atoms with van der Waals surface area (Å²) in [5, 5.41) is 16.9. The van der Waals surface area contributed by atoms with E-state index >= 15 is 0 Å². The quantitative estimate of drug-likeness (QED) is 0.281. The van der Waals surface area contributed by atoms with Crippen LogP contribution in [0.25, 0.3) is 0 Å².